The van der Waals surface area contributed by atoms with Crippen molar-refractivity contribution in [1.82, 2.24) is 4.90 Å². The summed E-state index contributed by atoms with van der Waals surface area (Å²) in [7, 11) is 3.03. The molecule has 1 aliphatic rings. The Morgan fingerprint density at radius 1 is 1.28 bits per heavy atom. The molecular weight excluding hydrogens is 346 g/mol. The van der Waals surface area contributed by atoms with Crippen molar-refractivity contribution in [2.45, 2.75) is 25.4 Å². The van der Waals surface area contributed by atoms with E-state index in [0.29, 0.717) is 17.0 Å². The first-order chi connectivity index (χ1) is 11.6. The van der Waals surface area contributed by atoms with Crippen LogP contribution in [0.2, 0.25) is 0 Å². The average Bonchev–Trinajstić information content (AvgIpc) is 3.13. The molecule has 1 heterocycles. The third kappa shape index (κ3) is 5.59. The molecule has 1 aromatic carbocycles. The van der Waals surface area contributed by atoms with E-state index in [-0.39, 0.29) is 43.3 Å². The number of anilines is 1. The number of nitrogens with zero attached hydrogens (tertiary/aromatic N) is 1. The summed E-state index contributed by atoms with van der Waals surface area (Å²) in [5, 5.41) is 2.78. The number of carbonyl (C=O) groups excluding carboxylic acids is 2. The van der Waals surface area contributed by atoms with E-state index in [1.165, 1.54) is 14.2 Å². The highest BCUT2D eigenvalue weighted by Gasteiger charge is 2.21. The number of hydrogen-bond acceptors (Lipinski definition) is 5. The van der Waals surface area contributed by atoms with Crippen LogP contribution in [0.5, 0.6) is 5.75 Å². The second kappa shape index (κ2) is 10.2. The first kappa shape index (κ1) is 21.2. The summed E-state index contributed by atoms with van der Waals surface area (Å²) in [6.07, 6.45) is 1.86. The highest BCUT2D eigenvalue weighted by molar-refractivity contribution is 5.98. The van der Waals surface area contributed by atoms with Crippen molar-refractivity contribution in [1.29, 1.82) is 0 Å². The van der Waals surface area contributed by atoms with Gasteiger partial charge in [0.05, 0.1) is 25.3 Å². The maximum absolute atomic E-state index is 12.5. The highest BCUT2D eigenvalue weighted by Crippen LogP contribution is 2.27. The van der Waals surface area contributed by atoms with Crippen LogP contribution in [-0.4, -0.2) is 56.7 Å². The van der Waals surface area contributed by atoms with Crippen molar-refractivity contribution in [3.8, 4) is 5.75 Å². The van der Waals surface area contributed by atoms with Crippen LogP contribution in [0, 0.1) is 0 Å². The zero-order chi connectivity index (χ0) is 17.5. The Morgan fingerprint density at radius 2 is 1.96 bits per heavy atom. The number of likely N-dealkylation sites (tertiary alicyclic amines) is 1. The molecule has 1 aromatic rings. The van der Waals surface area contributed by atoms with Gasteiger partial charge in [-0.25, -0.2) is 0 Å². The number of amides is 2. The fraction of sp³-hybridized carbons (Fsp3) is 0.529. The lowest BCUT2D eigenvalue weighted by molar-refractivity contribution is -0.118. The first-order valence-electron chi connectivity index (χ1n) is 8.09. The Hall–Kier alpha value is -1.83. The molecule has 1 unspecified atom stereocenters. The van der Waals surface area contributed by atoms with Crippen molar-refractivity contribution in [3.05, 3.63) is 23.8 Å². The summed E-state index contributed by atoms with van der Waals surface area (Å²) in [5.74, 6) is 0.238. The first-order valence-corrected chi connectivity index (χ1v) is 8.09. The Bertz CT molecular complexity index is 587. The molecule has 1 saturated heterocycles. The fourth-order valence-corrected chi connectivity index (χ4v) is 2.71. The average molecular weight is 372 g/mol. The molecule has 1 atom stereocenters. The van der Waals surface area contributed by atoms with Gasteiger partial charge in [-0.2, -0.15) is 0 Å². The van der Waals surface area contributed by atoms with Crippen LogP contribution < -0.4 is 15.8 Å². The van der Waals surface area contributed by atoms with Gasteiger partial charge in [-0.3, -0.25) is 9.59 Å². The van der Waals surface area contributed by atoms with E-state index in [1.807, 2.05) is 4.90 Å². The van der Waals surface area contributed by atoms with Gasteiger partial charge in [0.2, 0.25) is 5.91 Å². The minimum atomic E-state index is -0.342. The minimum absolute atomic E-state index is 0. The number of ether oxygens (including phenoxy) is 2. The van der Waals surface area contributed by atoms with Crippen LogP contribution in [-0.2, 0) is 9.53 Å². The Morgan fingerprint density at radius 3 is 2.52 bits per heavy atom. The molecule has 0 aliphatic carbocycles. The summed E-state index contributed by atoms with van der Waals surface area (Å²) >= 11 is 0. The van der Waals surface area contributed by atoms with Crippen LogP contribution in [0.25, 0.3) is 0 Å². The molecule has 2 amide bonds. The van der Waals surface area contributed by atoms with Crippen LogP contribution in [0.1, 0.15) is 29.6 Å². The van der Waals surface area contributed by atoms with Crippen LogP contribution in [0.3, 0.4) is 0 Å². The number of carbonyl (C=O) groups is 2. The molecule has 2 rings (SSSR count). The SMILES string of the molecule is COc1ccc(C(=O)N2CCCC2)cc1NC(=O)CC(CN)OC.Cl. The number of rotatable bonds is 7. The lowest BCUT2D eigenvalue weighted by atomic mass is 10.1. The molecule has 0 bridgehead atoms. The maximum Gasteiger partial charge on any atom is 0.253 e. The minimum Gasteiger partial charge on any atom is -0.495 e. The molecule has 1 aliphatic heterocycles. The second-order valence-corrected chi connectivity index (χ2v) is 5.76. The fourth-order valence-electron chi connectivity index (χ4n) is 2.71. The summed E-state index contributed by atoms with van der Waals surface area (Å²) < 4.78 is 10.4. The summed E-state index contributed by atoms with van der Waals surface area (Å²) in [4.78, 5) is 26.5. The van der Waals surface area contributed by atoms with Gasteiger partial charge in [0.1, 0.15) is 5.75 Å². The zero-order valence-corrected chi connectivity index (χ0v) is 15.4. The largest absolute Gasteiger partial charge is 0.495 e. The summed E-state index contributed by atoms with van der Waals surface area (Å²) in [5.41, 5.74) is 6.54. The van der Waals surface area contributed by atoms with Gasteiger partial charge in [-0.15, -0.1) is 12.4 Å². The van der Waals surface area contributed by atoms with Crippen molar-refractivity contribution in [3.63, 3.8) is 0 Å². The number of benzene rings is 1. The van der Waals surface area contributed by atoms with E-state index in [9.17, 15) is 9.59 Å². The van der Waals surface area contributed by atoms with Crippen LogP contribution >= 0.6 is 12.4 Å². The van der Waals surface area contributed by atoms with Gasteiger partial charge in [0.15, 0.2) is 0 Å². The van der Waals surface area contributed by atoms with Gasteiger partial charge in [-0.1, -0.05) is 0 Å². The Kier molecular flexibility index (Phi) is 8.68. The monoisotopic (exact) mass is 371 g/mol. The van der Waals surface area contributed by atoms with Crippen LogP contribution in [0.15, 0.2) is 18.2 Å². The van der Waals surface area contributed by atoms with E-state index in [2.05, 4.69) is 5.32 Å². The van der Waals surface area contributed by atoms with Crippen molar-refractivity contribution < 1.29 is 19.1 Å². The van der Waals surface area contributed by atoms with E-state index in [0.717, 1.165) is 25.9 Å². The quantitative estimate of drug-likeness (QED) is 0.760. The Balaban J connectivity index is 0.00000312. The number of hydrogen-bond donors (Lipinski definition) is 2. The van der Waals surface area contributed by atoms with Crippen molar-refractivity contribution in [2.24, 2.45) is 5.73 Å². The molecule has 7 nitrogen and oxygen atoms in total. The van der Waals surface area contributed by atoms with E-state index in [1.54, 1.807) is 18.2 Å². The molecule has 3 N–H and O–H groups in total. The second-order valence-electron chi connectivity index (χ2n) is 5.76. The topological polar surface area (TPSA) is 93.9 Å². The van der Waals surface area contributed by atoms with E-state index >= 15 is 0 Å². The highest BCUT2D eigenvalue weighted by atomic mass is 35.5. The van der Waals surface area contributed by atoms with E-state index in [4.69, 9.17) is 15.2 Å². The summed E-state index contributed by atoms with van der Waals surface area (Å²) in [6.45, 7) is 1.81. The van der Waals surface area contributed by atoms with Crippen molar-refractivity contribution in [2.75, 3.05) is 39.2 Å². The molecule has 0 spiro atoms. The van der Waals surface area contributed by atoms with E-state index < -0.39 is 0 Å². The molecule has 1 fully saturated rings. The van der Waals surface area contributed by atoms with Gasteiger partial charge in [-0.05, 0) is 31.0 Å². The Labute approximate surface area is 154 Å². The molecule has 140 valence electrons. The van der Waals surface area contributed by atoms with Gasteiger partial charge >= 0.3 is 0 Å². The van der Waals surface area contributed by atoms with Gasteiger partial charge in [0, 0.05) is 32.3 Å². The number of methoxy groups -OCH3 is 2. The van der Waals surface area contributed by atoms with Gasteiger partial charge in [0.25, 0.3) is 5.91 Å². The molecule has 0 saturated carbocycles. The lowest BCUT2D eigenvalue weighted by Crippen LogP contribution is -2.29. The molecule has 0 aromatic heterocycles. The molecule has 8 heteroatoms. The molecular formula is C17H26ClN3O4. The number of nitrogens with two attached hydrogens (primary N) is 1. The third-order valence-corrected chi connectivity index (χ3v) is 4.12. The normalized spacial score (nSPS) is 14.6. The molecule has 0 radical (unpaired) electrons. The third-order valence-electron chi connectivity index (χ3n) is 4.12. The molecule has 25 heavy (non-hydrogen) atoms. The van der Waals surface area contributed by atoms with Gasteiger partial charge < -0.3 is 25.4 Å². The number of nitrogens with one attached hydrogen (secondary N) is 1. The maximum atomic E-state index is 12.5. The zero-order valence-electron chi connectivity index (χ0n) is 14.6. The van der Waals surface area contributed by atoms with Crippen LogP contribution in [0.4, 0.5) is 5.69 Å². The summed E-state index contributed by atoms with van der Waals surface area (Å²) in [6, 6.07) is 5.06. The standard InChI is InChI=1S/C17H25N3O4.ClH/c1-23-13(11-18)10-16(21)19-14-9-12(5-6-15(14)24-2)17(22)20-7-3-4-8-20;/h5-6,9,13H,3-4,7-8,10-11,18H2,1-2H3,(H,19,21);1H. The predicted molar refractivity (Wildman–Crippen MR) is 98.5 cm³/mol. The van der Waals surface area contributed by atoms with Crippen molar-refractivity contribution >= 4 is 29.9 Å². The predicted octanol–water partition coefficient (Wildman–Crippen LogP) is 1.66. The smallest absolute Gasteiger partial charge is 0.253 e. The number of halogens is 1. The lowest BCUT2D eigenvalue weighted by Gasteiger charge is -2.18.